The lowest BCUT2D eigenvalue weighted by Crippen LogP contribution is -2.48. The number of imide groups is 1. The topological polar surface area (TPSA) is 77.8 Å². The fourth-order valence-corrected chi connectivity index (χ4v) is 3.77. The van der Waals surface area contributed by atoms with Crippen LogP contribution in [0, 0.1) is 11.8 Å². The number of fused-ring (bicyclic) bond motifs is 1. The third-order valence-electron chi connectivity index (χ3n) is 5.81. The molecule has 0 saturated heterocycles. The molecule has 0 fully saturated rings. The molecule has 5 heteroatoms. The molecule has 1 aromatic carbocycles. The van der Waals surface area contributed by atoms with Gasteiger partial charge in [-0.2, -0.15) is 0 Å². The van der Waals surface area contributed by atoms with Gasteiger partial charge in [0.1, 0.15) is 6.10 Å². The van der Waals surface area contributed by atoms with E-state index in [0.29, 0.717) is 23.5 Å². The summed E-state index contributed by atoms with van der Waals surface area (Å²) in [5, 5.41) is 21.2. The van der Waals surface area contributed by atoms with Crippen LogP contribution in [0.15, 0.2) is 24.3 Å². The summed E-state index contributed by atoms with van der Waals surface area (Å²) in [5.74, 6) is 0.497. The van der Waals surface area contributed by atoms with E-state index in [1.807, 2.05) is 0 Å². The Hall–Kier alpha value is -1.72. The third-order valence-corrected chi connectivity index (χ3v) is 5.81. The van der Waals surface area contributed by atoms with Crippen LogP contribution in [-0.2, 0) is 0 Å². The van der Waals surface area contributed by atoms with Gasteiger partial charge in [0.25, 0.3) is 11.8 Å². The highest BCUT2D eigenvalue weighted by Gasteiger charge is 2.40. The highest BCUT2D eigenvalue weighted by atomic mass is 16.3. The van der Waals surface area contributed by atoms with Crippen molar-refractivity contribution in [3.05, 3.63) is 35.4 Å². The zero-order valence-corrected chi connectivity index (χ0v) is 17.6. The van der Waals surface area contributed by atoms with E-state index in [1.54, 1.807) is 31.2 Å². The predicted molar refractivity (Wildman–Crippen MR) is 110 cm³/mol. The van der Waals surface area contributed by atoms with Crippen molar-refractivity contribution in [3.63, 3.8) is 0 Å². The van der Waals surface area contributed by atoms with E-state index in [-0.39, 0.29) is 6.54 Å². The minimum Gasteiger partial charge on any atom is -0.388 e. The Morgan fingerprint density at radius 2 is 1.50 bits per heavy atom. The van der Waals surface area contributed by atoms with Crippen molar-refractivity contribution < 1.29 is 19.8 Å². The monoisotopic (exact) mass is 389 g/mol. The average Bonchev–Trinajstić information content (AvgIpc) is 2.86. The van der Waals surface area contributed by atoms with Crippen molar-refractivity contribution in [3.8, 4) is 0 Å². The molecule has 0 saturated carbocycles. The second kappa shape index (κ2) is 9.66. The van der Waals surface area contributed by atoms with Crippen molar-refractivity contribution in [2.75, 3.05) is 6.54 Å². The molecule has 3 atom stereocenters. The summed E-state index contributed by atoms with van der Waals surface area (Å²) >= 11 is 0. The number of carbonyl (C=O) groups excluding carboxylic acids is 2. The van der Waals surface area contributed by atoms with Gasteiger partial charge < -0.3 is 10.2 Å². The predicted octanol–water partition coefficient (Wildman–Crippen LogP) is 4.03. The number of rotatable bonds is 11. The molecule has 1 aliphatic rings. The summed E-state index contributed by atoms with van der Waals surface area (Å²) in [6.45, 7) is 8.09. The van der Waals surface area contributed by atoms with Gasteiger partial charge in [0.2, 0.25) is 0 Å². The lowest BCUT2D eigenvalue weighted by atomic mass is 9.89. The van der Waals surface area contributed by atoms with E-state index < -0.39 is 23.5 Å². The molecule has 28 heavy (non-hydrogen) atoms. The quantitative estimate of drug-likeness (QED) is 0.560. The van der Waals surface area contributed by atoms with Crippen molar-refractivity contribution >= 4 is 11.8 Å². The van der Waals surface area contributed by atoms with Crippen LogP contribution in [0.2, 0.25) is 0 Å². The fourth-order valence-electron chi connectivity index (χ4n) is 3.77. The van der Waals surface area contributed by atoms with E-state index in [1.165, 1.54) is 19.3 Å². The molecule has 2 N–H and O–H groups in total. The normalized spacial score (nSPS) is 18.3. The van der Waals surface area contributed by atoms with E-state index >= 15 is 0 Å². The largest absolute Gasteiger partial charge is 0.388 e. The first-order chi connectivity index (χ1) is 13.1. The van der Waals surface area contributed by atoms with Crippen LogP contribution in [-0.4, -0.2) is 45.2 Å². The van der Waals surface area contributed by atoms with E-state index in [0.717, 1.165) is 23.7 Å². The van der Waals surface area contributed by atoms with Crippen LogP contribution in [0.5, 0.6) is 0 Å². The first kappa shape index (κ1) is 22.6. The second-order valence-corrected chi connectivity index (χ2v) is 8.96. The molecule has 1 heterocycles. The first-order valence-electron chi connectivity index (χ1n) is 10.5. The molecule has 0 aliphatic carbocycles. The van der Waals surface area contributed by atoms with Crippen molar-refractivity contribution in [1.29, 1.82) is 0 Å². The molecule has 5 nitrogen and oxygen atoms in total. The molecule has 1 aliphatic heterocycles. The van der Waals surface area contributed by atoms with Gasteiger partial charge in [0.05, 0.1) is 23.3 Å². The highest BCUT2D eigenvalue weighted by molar-refractivity contribution is 6.21. The average molecular weight is 390 g/mol. The number of amides is 2. The minimum atomic E-state index is -1.34. The van der Waals surface area contributed by atoms with Crippen LogP contribution in [0.3, 0.4) is 0 Å². The summed E-state index contributed by atoms with van der Waals surface area (Å²) in [6, 6.07) is 6.65. The van der Waals surface area contributed by atoms with Gasteiger partial charge in [0.15, 0.2) is 0 Å². The lowest BCUT2D eigenvalue weighted by Gasteiger charge is -2.31. The molecule has 1 aromatic rings. The van der Waals surface area contributed by atoms with Gasteiger partial charge in [-0.3, -0.25) is 14.5 Å². The fraction of sp³-hybridized carbons (Fsp3) is 0.652. The molecule has 0 bridgehead atoms. The molecule has 2 amide bonds. The number of hydrogen-bond donors (Lipinski definition) is 2. The number of aliphatic hydroxyl groups excluding tert-OH is 1. The Bertz CT molecular complexity index is 648. The second-order valence-electron chi connectivity index (χ2n) is 8.96. The number of aliphatic hydroxyl groups is 2. The summed E-state index contributed by atoms with van der Waals surface area (Å²) in [5.41, 5.74) is -0.628. The maximum atomic E-state index is 12.4. The van der Waals surface area contributed by atoms with Gasteiger partial charge in [-0.05, 0) is 37.3 Å². The summed E-state index contributed by atoms with van der Waals surface area (Å²) in [4.78, 5) is 25.9. The minimum absolute atomic E-state index is 0.191. The smallest absolute Gasteiger partial charge is 0.261 e. The first-order valence-corrected chi connectivity index (χ1v) is 10.5. The zero-order valence-electron chi connectivity index (χ0n) is 17.6. The molecule has 3 unspecified atom stereocenters. The van der Waals surface area contributed by atoms with Crippen LogP contribution in [0.25, 0.3) is 0 Å². The number of carbonyl (C=O) groups is 2. The number of nitrogens with zero attached hydrogens (tertiary/aromatic N) is 1. The Morgan fingerprint density at radius 1 is 0.964 bits per heavy atom. The SMILES string of the molecule is CC(C)CCCC(C)CCCC(C)(O)C(O)CN1C(=O)c2ccccc2C1=O. The summed E-state index contributed by atoms with van der Waals surface area (Å²) in [6.07, 6.45) is 4.69. The Morgan fingerprint density at radius 3 is 2.04 bits per heavy atom. The lowest BCUT2D eigenvalue weighted by molar-refractivity contribution is -0.0743. The van der Waals surface area contributed by atoms with Crippen molar-refractivity contribution in [2.45, 2.75) is 77.9 Å². The van der Waals surface area contributed by atoms with Crippen LogP contribution >= 0.6 is 0 Å². The number of β-amino-alcohol motifs (C(OH)–C–C–N with tert-alkyl or cyclic N) is 1. The van der Waals surface area contributed by atoms with E-state index in [2.05, 4.69) is 20.8 Å². The van der Waals surface area contributed by atoms with Gasteiger partial charge in [-0.15, -0.1) is 0 Å². The van der Waals surface area contributed by atoms with Crippen LogP contribution in [0.1, 0.15) is 86.9 Å². The van der Waals surface area contributed by atoms with Gasteiger partial charge >= 0.3 is 0 Å². The highest BCUT2D eigenvalue weighted by Crippen LogP contribution is 2.27. The number of hydrogen-bond acceptors (Lipinski definition) is 4. The number of benzene rings is 1. The maximum Gasteiger partial charge on any atom is 0.261 e. The standard InChI is InChI=1S/C23H35NO4/c1-16(2)9-7-10-17(3)11-8-14-23(4,28)20(25)15-24-21(26)18-12-5-6-13-19(18)22(24)27/h5-6,12-13,16-17,20,25,28H,7-11,14-15H2,1-4H3. The van der Waals surface area contributed by atoms with Crippen molar-refractivity contribution in [1.82, 2.24) is 4.90 Å². The Balaban J connectivity index is 1.82. The molecular weight excluding hydrogens is 354 g/mol. The Kier molecular flexibility index (Phi) is 7.79. The van der Waals surface area contributed by atoms with Gasteiger partial charge in [-0.25, -0.2) is 0 Å². The van der Waals surface area contributed by atoms with Gasteiger partial charge in [0, 0.05) is 0 Å². The maximum absolute atomic E-state index is 12.4. The zero-order chi connectivity index (χ0) is 20.9. The Labute approximate surface area is 168 Å². The van der Waals surface area contributed by atoms with Crippen LogP contribution < -0.4 is 0 Å². The van der Waals surface area contributed by atoms with E-state index in [4.69, 9.17) is 0 Å². The molecule has 0 radical (unpaired) electrons. The van der Waals surface area contributed by atoms with E-state index in [9.17, 15) is 19.8 Å². The summed E-state index contributed by atoms with van der Waals surface area (Å²) < 4.78 is 0. The van der Waals surface area contributed by atoms with Crippen LogP contribution in [0.4, 0.5) is 0 Å². The molecule has 2 rings (SSSR count). The van der Waals surface area contributed by atoms with Gasteiger partial charge in [-0.1, -0.05) is 65.0 Å². The molecule has 156 valence electrons. The molecule has 0 aromatic heterocycles. The molecule has 0 spiro atoms. The summed E-state index contributed by atoms with van der Waals surface area (Å²) in [7, 11) is 0. The molecular formula is C23H35NO4. The van der Waals surface area contributed by atoms with Crippen molar-refractivity contribution in [2.24, 2.45) is 11.8 Å². The third kappa shape index (κ3) is 5.65.